The van der Waals surface area contributed by atoms with Gasteiger partial charge in [-0.25, -0.2) is 0 Å². The highest BCUT2D eigenvalue weighted by atomic mass is 35.5. The summed E-state index contributed by atoms with van der Waals surface area (Å²) in [5, 5.41) is 34.8. The number of para-hydroxylation sites is 3. The zero-order valence-electron chi connectivity index (χ0n) is 25.9. The number of aromatic hydroxyl groups is 2. The smallest absolute Gasteiger partial charge is 0.202 e. The number of nitriles is 1. The van der Waals surface area contributed by atoms with Gasteiger partial charge in [0.1, 0.15) is 34.8 Å². The summed E-state index contributed by atoms with van der Waals surface area (Å²) in [5.74, 6) is -3.06. The van der Waals surface area contributed by atoms with Gasteiger partial charge in [0.2, 0.25) is 11.6 Å². The second-order valence-electron chi connectivity index (χ2n) is 11.0. The van der Waals surface area contributed by atoms with Crippen LogP contribution in [0.2, 0.25) is 15.1 Å². The SMILES string of the molecule is N#Cc1ccc(Nc2c(Oc3c(Cl)cccc3Cl)c(Oc3ccccc3)c3c(c2Oc2ccccc2)C(=O)c2c(O)ccc(O)c2C3=O)cc1Cl. The van der Waals surface area contributed by atoms with Gasteiger partial charge in [-0.2, -0.15) is 5.26 Å². The molecule has 0 amide bonds. The van der Waals surface area contributed by atoms with Crippen LogP contribution in [0.3, 0.4) is 0 Å². The van der Waals surface area contributed by atoms with E-state index in [1.165, 1.54) is 12.1 Å². The minimum absolute atomic E-state index is 0.0271. The summed E-state index contributed by atoms with van der Waals surface area (Å²) in [4.78, 5) is 29.3. The Balaban J connectivity index is 1.63. The Bertz CT molecular complexity index is 2410. The first-order chi connectivity index (χ1) is 24.7. The number of anilines is 2. The highest BCUT2D eigenvalue weighted by molar-refractivity contribution is 6.37. The molecule has 1 aliphatic rings. The van der Waals surface area contributed by atoms with Gasteiger partial charge in [-0.15, -0.1) is 0 Å². The molecule has 0 heterocycles. The molecule has 1 aliphatic carbocycles. The van der Waals surface area contributed by atoms with Crippen LogP contribution in [0, 0.1) is 11.3 Å². The molecule has 6 aromatic carbocycles. The van der Waals surface area contributed by atoms with E-state index in [9.17, 15) is 25.1 Å². The van der Waals surface area contributed by atoms with Gasteiger partial charge in [0, 0.05) is 5.69 Å². The molecule has 250 valence electrons. The van der Waals surface area contributed by atoms with E-state index in [4.69, 9.17) is 49.0 Å². The van der Waals surface area contributed by atoms with Crippen molar-refractivity contribution in [2.75, 3.05) is 5.32 Å². The first-order valence-corrected chi connectivity index (χ1v) is 16.2. The number of fused-ring (bicyclic) bond motifs is 2. The van der Waals surface area contributed by atoms with Gasteiger partial charge in [0.05, 0.1) is 42.9 Å². The molecule has 12 heteroatoms. The molecule has 0 aliphatic heterocycles. The monoisotopic (exact) mass is 734 g/mol. The van der Waals surface area contributed by atoms with E-state index >= 15 is 0 Å². The lowest BCUT2D eigenvalue weighted by Gasteiger charge is -2.28. The zero-order chi connectivity index (χ0) is 35.8. The quantitative estimate of drug-likeness (QED) is 0.130. The molecule has 7 rings (SSSR count). The van der Waals surface area contributed by atoms with Crippen LogP contribution in [0.15, 0.2) is 109 Å². The number of nitrogens with one attached hydrogen (secondary N) is 1. The lowest BCUT2D eigenvalue weighted by molar-refractivity contribution is 0.0969. The number of ether oxygens (including phenoxy) is 3. The van der Waals surface area contributed by atoms with Crippen LogP contribution in [-0.4, -0.2) is 21.8 Å². The maximum absolute atomic E-state index is 14.6. The molecule has 0 fully saturated rings. The molecule has 0 radical (unpaired) electrons. The number of carbonyl (C=O) groups excluding carboxylic acids is 2. The second-order valence-corrected chi connectivity index (χ2v) is 12.3. The third-order valence-electron chi connectivity index (χ3n) is 7.84. The number of hydrogen-bond acceptors (Lipinski definition) is 9. The minimum Gasteiger partial charge on any atom is -0.507 e. The van der Waals surface area contributed by atoms with E-state index in [0.29, 0.717) is 5.69 Å². The van der Waals surface area contributed by atoms with E-state index < -0.39 is 34.2 Å². The molecule has 3 N–H and O–H groups in total. The number of nitrogens with zero attached hydrogens (tertiary/aromatic N) is 1. The lowest BCUT2D eigenvalue weighted by Crippen LogP contribution is -2.24. The van der Waals surface area contributed by atoms with Gasteiger partial charge in [-0.1, -0.05) is 77.3 Å². The number of halogens is 3. The largest absolute Gasteiger partial charge is 0.507 e. The first-order valence-electron chi connectivity index (χ1n) is 15.1. The molecule has 0 saturated heterocycles. The molecule has 6 aromatic rings. The fourth-order valence-electron chi connectivity index (χ4n) is 5.54. The van der Waals surface area contributed by atoms with Crippen molar-refractivity contribution in [2.45, 2.75) is 0 Å². The van der Waals surface area contributed by atoms with E-state index in [1.807, 2.05) is 6.07 Å². The third-order valence-corrected chi connectivity index (χ3v) is 8.75. The number of rotatable bonds is 8. The lowest BCUT2D eigenvalue weighted by atomic mass is 9.81. The molecule has 0 aromatic heterocycles. The molecule has 0 unspecified atom stereocenters. The van der Waals surface area contributed by atoms with Crippen molar-refractivity contribution in [2.24, 2.45) is 0 Å². The number of phenols is 2. The predicted molar refractivity (Wildman–Crippen MR) is 192 cm³/mol. The van der Waals surface area contributed by atoms with Crippen molar-refractivity contribution in [3.8, 4) is 52.1 Å². The fraction of sp³-hybridized carbons (Fsp3) is 0. The van der Waals surface area contributed by atoms with Crippen LogP contribution in [0.5, 0.6) is 46.0 Å². The maximum Gasteiger partial charge on any atom is 0.202 e. The van der Waals surface area contributed by atoms with Gasteiger partial charge in [0.25, 0.3) is 0 Å². The van der Waals surface area contributed by atoms with E-state index in [-0.39, 0.29) is 71.9 Å². The summed E-state index contributed by atoms with van der Waals surface area (Å²) in [6.07, 6.45) is 0. The van der Waals surface area contributed by atoms with Gasteiger partial charge < -0.3 is 29.7 Å². The molecule has 0 bridgehead atoms. The Labute approximate surface area is 305 Å². The van der Waals surface area contributed by atoms with Gasteiger partial charge in [0.15, 0.2) is 23.0 Å². The molecule has 0 saturated carbocycles. The maximum atomic E-state index is 14.6. The van der Waals surface area contributed by atoms with Crippen LogP contribution >= 0.6 is 34.8 Å². The Hall–Kier alpha value is -6.18. The van der Waals surface area contributed by atoms with Crippen molar-refractivity contribution < 1.29 is 34.0 Å². The van der Waals surface area contributed by atoms with Crippen LogP contribution in [-0.2, 0) is 0 Å². The van der Waals surface area contributed by atoms with Crippen molar-refractivity contribution in [3.63, 3.8) is 0 Å². The van der Waals surface area contributed by atoms with Crippen molar-refractivity contribution in [3.05, 3.63) is 152 Å². The average Bonchev–Trinajstić information content (AvgIpc) is 3.12. The number of carbonyl (C=O) groups is 2. The van der Waals surface area contributed by atoms with Crippen molar-refractivity contribution >= 4 is 57.7 Å². The second kappa shape index (κ2) is 13.6. The number of phenolic OH excluding ortho intramolecular Hbond substituents is 2. The molecular weight excluding hydrogens is 715 g/mol. The molecule has 0 atom stereocenters. The molecule has 0 spiro atoms. The fourth-order valence-corrected chi connectivity index (χ4v) is 6.24. The topological polar surface area (TPSA) is 138 Å². The first kappa shape index (κ1) is 33.3. The van der Waals surface area contributed by atoms with Gasteiger partial charge in [-0.3, -0.25) is 9.59 Å². The van der Waals surface area contributed by atoms with Crippen LogP contribution in [0.25, 0.3) is 0 Å². The number of benzene rings is 6. The highest BCUT2D eigenvalue weighted by Gasteiger charge is 2.43. The van der Waals surface area contributed by atoms with Gasteiger partial charge >= 0.3 is 0 Å². The highest BCUT2D eigenvalue weighted by Crippen LogP contribution is 2.57. The Kier molecular flexibility index (Phi) is 8.90. The summed E-state index contributed by atoms with van der Waals surface area (Å²) >= 11 is 19.6. The van der Waals surface area contributed by atoms with Crippen LogP contribution < -0.4 is 19.5 Å². The van der Waals surface area contributed by atoms with Crippen LogP contribution in [0.4, 0.5) is 11.4 Å². The summed E-state index contributed by atoms with van der Waals surface area (Å²) in [5.41, 5.74) is -1.08. The number of ketones is 2. The van der Waals surface area contributed by atoms with Crippen LogP contribution in [0.1, 0.15) is 37.4 Å². The molecule has 9 nitrogen and oxygen atoms in total. The Morgan fingerprint density at radius 3 is 1.61 bits per heavy atom. The summed E-state index contributed by atoms with van der Waals surface area (Å²) in [7, 11) is 0. The van der Waals surface area contributed by atoms with E-state index in [0.717, 1.165) is 12.1 Å². The zero-order valence-corrected chi connectivity index (χ0v) is 28.2. The summed E-state index contributed by atoms with van der Waals surface area (Å²) < 4.78 is 19.4. The average molecular weight is 736 g/mol. The van der Waals surface area contributed by atoms with Crippen molar-refractivity contribution in [1.82, 2.24) is 0 Å². The predicted octanol–water partition coefficient (Wildman–Crippen LogP) is 10.8. The van der Waals surface area contributed by atoms with E-state index in [1.54, 1.807) is 84.9 Å². The third kappa shape index (κ3) is 6.13. The van der Waals surface area contributed by atoms with Crippen molar-refractivity contribution in [1.29, 1.82) is 5.26 Å². The standard InChI is InChI=1S/C39H21Cl3N2O7/c40-24-12-7-13-25(41)36(24)51-39-33(44-21-15-14-20(19-43)26(42)18-21)37(49-22-8-3-1-4-9-22)31-32(38(39)50-23-10-5-2-6-11-23)35(48)30-28(46)17-16-27(45)29(30)34(31)47/h1-18,44-46H. The Morgan fingerprint density at radius 1 is 0.549 bits per heavy atom. The van der Waals surface area contributed by atoms with E-state index in [2.05, 4.69) is 5.32 Å². The number of hydrogen-bond donors (Lipinski definition) is 3. The summed E-state index contributed by atoms with van der Waals surface area (Å²) in [6.45, 7) is 0. The molecule has 51 heavy (non-hydrogen) atoms. The normalized spacial score (nSPS) is 11.6. The molecular formula is C39H21Cl3N2O7. The minimum atomic E-state index is -0.875. The Morgan fingerprint density at radius 2 is 1.08 bits per heavy atom. The summed E-state index contributed by atoms with van der Waals surface area (Å²) in [6, 6.07) is 30.3. The van der Waals surface area contributed by atoms with Gasteiger partial charge in [-0.05, 0) is 66.7 Å².